The Kier molecular flexibility index (Phi) is 7.63. The monoisotopic (exact) mass is 332 g/mol. The molecule has 4 unspecified atom stereocenters. The van der Waals surface area contributed by atoms with Gasteiger partial charge in [-0.1, -0.05) is 33.6 Å². The normalized spacial score (nSPS) is 33.4. The quantitative estimate of drug-likeness (QED) is 0.842. The molecule has 0 radical (unpaired) electrons. The summed E-state index contributed by atoms with van der Waals surface area (Å²) in [6, 6.07) is 0. The van der Waals surface area contributed by atoms with Crippen molar-refractivity contribution < 1.29 is 9.53 Å². The number of nitrogens with zero attached hydrogens (tertiary/aromatic N) is 1. The number of carbonyl (C=O) groups excluding carboxylic acids is 1. The van der Waals surface area contributed by atoms with E-state index < -0.39 is 0 Å². The van der Waals surface area contributed by atoms with E-state index in [1.807, 2.05) is 11.8 Å². The van der Waals surface area contributed by atoms with Crippen molar-refractivity contribution in [2.75, 3.05) is 19.6 Å². The molecule has 5 heteroatoms. The lowest BCUT2D eigenvalue weighted by Crippen LogP contribution is -2.42. The van der Waals surface area contributed by atoms with Gasteiger partial charge in [0, 0.05) is 13.1 Å². The molecule has 0 aromatic rings. The Balaban J connectivity index is 0.00000242. The van der Waals surface area contributed by atoms with Gasteiger partial charge in [0.25, 0.3) is 5.91 Å². The molecule has 1 aliphatic heterocycles. The van der Waals surface area contributed by atoms with Crippen LogP contribution in [0.1, 0.15) is 59.3 Å². The van der Waals surface area contributed by atoms with Crippen LogP contribution in [0.4, 0.5) is 0 Å². The highest BCUT2D eigenvalue weighted by Crippen LogP contribution is 2.31. The van der Waals surface area contributed by atoms with Gasteiger partial charge in [-0.15, -0.1) is 12.4 Å². The first-order chi connectivity index (χ1) is 9.97. The maximum atomic E-state index is 12.7. The van der Waals surface area contributed by atoms with Crippen LogP contribution >= 0.6 is 12.4 Å². The number of likely N-dealkylation sites (tertiary alicyclic amines) is 1. The van der Waals surface area contributed by atoms with E-state index in [0.29, 0.717) is 6.54 Å². The number of halogens is 1. The molecule has 2 rings (SSSR count). The first-order valence-electron chi connectivity index (χ1n) is 8.61. The van der Waals surface area contributed by atoms with Crippen molar-refractivity contribution in [1.29, 1.82) is 0 Å². The molecule has 2 N–H and O–H groups in total. The molecule has 2 fully saturated rings. The standard InChI is InChI=1S/C17H32N2O2.ClH/c1-4-15(21-14-7-5-6-13(2)10-14)16(20)19-9-8-17(3,11-18)12-19;/h13-15H,4-12,18H2,1-3H3;1H. The maximum Gasteiger partial charge on any atom is 0.251 e. The van der Waals surface area contributed by atoms with Gasteiger partial charge < -0.3 is 15.4 Å². The summed E-state index contributed by atoms with van der Waals surface area (Å²) >= 11 is 0. The lowest BCUT2D eigenvalue weighted by Gasteiger charge is -2.32. The third-order valence-corrected chi connectivity index (χ3v) is 5.25. The molecule has 0 spiro atoms. The second kappa shape index (κ2) is 8.51. The average molecular weight is 333 g/mol. The first kappa shape index (κ1) is 19.7. The minimum atomic E-state index is -0.263. The zero-order valence-corrected chi connectivity index (χ0v) is 15.2. The van der Waals surface area contributed by atoms with Crippen LogP contribution < -0.4 is 5.73 Å². The fraction of sp³-hybridized carbons (Fsp3) is 0.941. The van der Waals surface area contributed by atoms with Gasteiger partial charge in [0.2, 0.25) is 0 Å². The van der Waals surface area contributed by atoms with Crippen molar-refractivity contribution in [2.45, 2.75) is 71.5 Å². The Morgan fingerprint density at radius 2 is 2.18 bits per heavy atom. The summed E-state index contributed by atoms with van der Waals surface area (Å²) in [5, 5.41) is 0. The second-order valence-electron chi connectivity index (χ2n) is 7.45. The highest BCUT2D eigenvalue weighted by atomic mass is 35.5. The smallest absolute Gasteiger partial charge is 0.251 e. The molecular weight excluding hydrogens is 300 g/mol. The fourth-order valence-electron chi connectivity index (χ4n) is 3.65. The number of hydrogen-bond acceptors (Lipinski definition) is 3. The lowest BCUT2D eigenvalue weighted by atomic mass is 9.88. The van der Waals surface area contributed by atoms with Crippen molar-refractivity contribution in [2.24, 2.45) is 17.1 Å². The predicted octanol–water partition coefficient (Wildman–Crippen LogP) is 2.98. The van der Waals surface area contributed by atoms with Gasteiger partial charge in [-0.05, 0) is 43.6 Å². The summed E-state index contributed by atoms with van der Waals surface area (Å²) in [6.07, 6.45) is 6.51. The van der Waals surface area contributed by atoms with Crippen molar-refractivity contribution in [1.82, 2.24) is 4.90 Å². The molecule has 0 aromatic heterocycles. The van der Waals surface area contributed by atoms with Gasteiger partial charge in [0.15, 0.2) is 0 Å². The Labute approximate surface area is 141 Å². The number of amides is 1. The summed E-state index contributed by atoms with van der Waals surface area (Å²) < 4.78 is 6.16. The minimum absolute atomic E-state index is 0. The van der Waals surface area contributed by atoms with Gasteiger partial charge in [-0.3, -0.25) is 4.79 Å². The molecule has 4 nitrogen and oxygen atoms in total. The highest BCUT2D eigenvalue weighted by molar-refractivity contribution is 5.85. The third-order valence-electron chi connectivity index (χ3n) is 5.25. The van der Waals surface area contributed by atoms with Crippen molar-refractivity contribution >= 4 is 18.3 Å². The van der Waals surface area contributed by atoms with E-state index >= 15 is 0 Å². The van der Waals surface area contributed by atoms with Crippen LogP contribution in [0.2, 0.25) is 0 Å². The molecular formula is C17H33ClN2O2. The largest absolute Gasteiger partial charge is 0.365 e. The zero-order valence-electron chi connectivity index (χ0n) is 14.3. The lowest BCUT2D eigenvalue weighted by molar-refractivity contribution is -0.149. The first-order valence-corrected chi connectivity index (χ1v) is 8.61. The van der Waals surface area contributed by atoms with E-state index in [4.69, 9.17) is 10.5 Å². The van der Waals surface area contributed by atoms with Crippen molar-refractivity contribution in [3.63, 3.8) is 0 Å². The Bertz CT molecular complexity index is 367. The van der Waals surface area contributed by atoms with Gasteiger partial charge in [-0.2, -0.15) is 0 Å². The number of rotatable bonds is 5. The third kappa shape index (κ3) is 4.84. The van der Waals surface area contributed by atoms with Crippen LogP contribution in [0.25, 0.3) is 0 Å². The average Bonchev–Trinajstić information content (AvgIpc) is 2.87. The molecule has 1 saturated carbocycles. The SMILES string of the molecule is CCC(OC1CCCC(C)C1)C(=O)N1CCC(C)(CN)C1.Cl. The molecule has 4 atom stereocenters. The Hall–Kier alpha value is -0.320. The predicted molar refractivity (Wildman–Crippen MR) is 92.2 cm³/mol. The van der Waals surface area contributed by atoms with Crippen LogP contribution in [0.5, 0.6) is 0 Å². The van der Waals surface area contributed by atoms with E-state index in [-0.39, 0.29) is 35.9 Å². The Morgan fingerprint density at radius 1 is 1.45 bits per heavy atom. The number of nitrogens with two attached hydrogens (primary N) is 1. The molecule has 1 amide bonds. The van der Waals surface area contributed by atoms with Crippen molar-refractivity contribution in [3.8, 4) is 0 Å². The van der Waals surface area contributed by atoms with Crippen LogP contribution in [0.15, 0.2) is 0 Å². The van der Waals surface area contributed by atoms with Crippen LogP contribution in [-0.4, -0.2) is 42.6 Å². The number of hydrogen-bond donors (Lipinski definition) is 1. The van der Waals surface area contributed by atoms with Crippen molar-refractivity contribution in [3.05, 3.63) is 0 Å². The van der Waals surface area contributed by atoms with Gasteiger partial charge in [0.05, 0.1) is 6.10 Å². The molecule has 22 heavy (non-hydrogen) atoms. The summed E-state index contributed by atoms with van der Waals surface area (Å²) in [7, 11) is 0. The van der Waals surface area contributed by atoms with E-state index in [2.05, 4.69) is 13.8 Å². The van der Waals surface area contributed by atoms with E-state index in [9.17, 15) is 4.79 Å². The number of carbonyl (C=O) groups is 1. The van der Waals surface area contributed by atoms with E-state index in [1.54, 1.807) is 0 Å². The van der Waals surface area contributed by atoms with Crippen LogP contribution in [-0.2, 0) is 9.53 Å². The molecule has 2 aliphatic rings. The molecule has 0 bridgehead atoms. The van der Waals surface area contributed by atoms with E-state index in [0.717, 1.165) is 44.7 Å². The van der Waals surface area contributed by atoms with Gasteiger partial charge in [0.1, 0.15) is 6.10 Å². The second-order valence-corrected chi connectivity index (χ2v) is 7.45. The fourth-order valence-corrected chi connectivity index (χ4v) is 3.65. The maximum absolute atomic E-state index is 12.7. The summed E-state index contributed by atoms with van der Waals surface area (Å²) in [6.45, 7) is 8.76. The molecule has 1 saturated heterocycles. The zero-order chi connectivity index (χ0) is 15.5. The summed E-state index contributed by atoms with van der Waals surface area (Å²) in [4.78, 5) is 14.7. The number of ether oxygens (including phenoxy) is 1. The molecule has 0 aromatic carbocycles. The molecule has 1 heterocycles. The minimum Gasteiger partial charge on any atom is -0.365 e. The topological polar surface area (TPSA) is 55.6 Å². The summed E-state index contributed by atoms with van der Waals surface area (Å²) in [5.41, 5.74) is 5.93. The van der Waals surface area contributed by atoms with Gasteiger partial charge in [-0.25, -0.2) is 0 Å². The highest BCUT2D eigenvalue weighted by Gasteiger charge is 2.37. The van der Waals surface area contributed by atoms with E-state index in [1.165, 1.54) is 12.8 Å². The summed E-state index contributed by atoms with van der Waals surface area (Å²) in [5.74, 6) is 0.900. The Morgan fingerprint density at radius 3 is 2.73 bits per heavy atom. The molecule has 1 aliphatic carbocycles. The molecule has 130 valence electrons. The van der Waals surface area contributed by atoms with Crippen LogP contribution in [0.3, 0.4) is 0 Å². The van der Waals surface area contributed by atoms with Gasteiger partial charge >= 0.3 is 0 Å². The van der Waals surface area contributed by atoms with Crippen LogP contribution in [0, 0.1) is 11.3 Å².